The second kappa shape index (κ2) is 6.21. The molecular weight excluding hydrogens is 204 g/mol. The maximum Gasteiger partial charge on any atom is 0.236 e. The van der Waals surface area contributed by atoms with E-state index in [1.54, 1.807) is 0 Å². The molecule has 1 amide bonds. The predicted molar refractivity (Wildman–Crippen MR) is 63.8 cm³/mol. The number of hydrogen-bond acceptors (Lipinski definition) is 3. The molecule has 1 saturated carbocycles. The zero-order valence-corrected chi connectivity index (χ0v) is 10.3. The van der Waals surface area contributed by atoms with Crippen molar-refractivity contribution >= 4 is 5.91 Å². The number of aliphatic hydroxyl groups excluding tert-OH is 1. The Labute approximate surface area is 97.6 Å². The first-order valence-electron chi connectivity index (χ1n) is 6.22. The van der Waals surface area contributed by atoms with Crippen molar-refractivity contribution in [3.8, 4) is 0 Å². The van der Waals surface area contributed by atoms with Gasteiger partial charge in [0.05, 0.1) is 12.1 Å². The molecule has 94 valence electrons. The molecule has 16 heavy (non-hydrogen) atoms. The Morgan fingerprint density at radius 3 is 2.69 bits per heavy atom. The van der Waals surface area contributed by atoms with Crippen molar-refractivity contribution in [3.63, 3.8) is 0 Å². The maximum atomic E-state index is 11.6. The van der Waals surface area contributed by atoms with Crippen LogP contribution in [-0.2, 0) is 4.79 Å². The molecular formula is C12H24N2O2. The van der Waals surface area contributed by atoms with Gasteiger partial charge in [-0.2, -0.15) is 0 Å². The Morgan fingerprint density at radius 1 is 1.50 bits per heavy atom. The average Bonchev–Trinajstić information content (AvgIpc) is 2.59. The highest BCUT2D eigenvalue weighted by Crippen LogP contribution is 2.24. The molecule has 4 heteroatoms. The molecule has 0 bridgehead atoms. The molecule has 0 radical (unpaired) electrons. The van der Waals surface area contributed by atoms with Crippen LogP contribution < -0.4 is 11.1 Å². The third kappa shape index (κ3) is 4.10. The van der Waals surface area contributed by atoms with E-state index in [-0.39, 0.29) is 17.9 Å². The van der Waals surface area contributed by atoms with Gasteiger partial charge in [-0.1, -0.05) is 20.3 Å². The lowest BCUT2D eigenvalue weighted by Crippen LogP contribution is -2.43. The lowest BCUT2D eigenvalue weighted by atomic mass is 10.0. The van der Waals surface area contributed by atoms with Crippen molar-refractivity contribution in [2.24, 2.45) is 17.6 Å². The first-order valence-corrected chi connectivity index (χ1v) is 6.22. The normalized spacial score (nSPS) is 27.1. The van der Waals surface area contributed by atoms with Gasteiger partial charge in [-0.15, -0.1) is 0 Å². The molecule has 3 atom stereocenters. The molecule has 4 N–H and O–H groups in total. The zero-order valence-electron chi connectivity index (χ0n) is 10.3. The lowest BCUT2D eigenvalue weighted by molar-refractivity contribution is -0.123. The van der Waals surface area contributed by atoms with E-state index < -0.39 is 6.04 Å². The van der Waals surface area contributed by atoms with Crippen molar-refractivity contribution in [2.45, 2.75) is 51.7 Å². The fourth-order valence-corrected chi connectivity index (χ4v) is 2.23. The fourth-order valence-electron chi connectivity index (χ4n) is 2.23. The third-order valence-electron chi connectivity index (χ3n) is 3.22. The van der Waals surface area contributed by atoms with Crippen molar-refractivity contribution in [2.75, 3.05) is 6.54 Å². The minimum Gasteiger partial charge on any atom is -0.393 e. The van der Waals surface area contributed by atoms with E-state index in [1.807, 2.05) is 13.8 Å². The average molecular weight is 228 g/mol. The molecule has 1 rings (SSSR count). The maximum absolute atomic E-state index is 11.6. The Morgan fingerprint density at radius 2 is 2.19 bits per heavy atom. The first kappa shape index (κ1) is 13.5. The summed E-state index contributed by atoms with van der Waals surface area (Å²) in [6.45, 7) is 4.66. The van der Waals surface area contributed by atoms with Crippen LogP contribution >= 0.6 is 0 Å². The van der Waals surface area contributed by atoms with Gasteiger partial charge in [0, 0.05) is 12.5 Å². The standard InChI is InChI=1S/C12H24N2O2/c1-8(2)6-10(13)12(16)14-7-9-4-3-5-11(9)15/h8-11,15H,3-7,13H2,1-2H3,(H,14,16)/t9?,10-,11?/m0/s1. The highest BCUT2D eigenvalue weighted by atomic mass is 16.3. The summed E-state index contributed by atoms with van der Waals surface area (Å²) in [5.41, 5.74) is 5.76. The van der Waals surface area contributed by atoms with Crippen LogP contribution in [0.2, 0.25) is 0 Å². The molecule has 0 aromatic heterocycles. The summed E-state index contributed by atoms with van der Waals surface area (Å²) in [4.78, 5) is 11.6. The van der Waals surface area contributed by atoms with Crippen molar-refractivity contribution in [1.29, 1.82) is 0 Å². The molecule has 0 saturated heterocycles. The van der Waals surface area contributed by atoms with Crippen LogP contribution in [0.15, 0.2) is 0 Å². The minimum atomic E-state index is -0.418. The SMILES string of the molecule is CC(C)C[C@H](N)C(=O)NCC1CCCC1O. The quantitative estimate of drug-likeness (QED) is 0.646. The van der Waals surface area contributed by atoms with Crippen molar-refractivity contribution < 1.29 is 9.90 Å². The summed E-state index contributed by atoms with van der Waals surface area (Å²) in [5, 5.41) is 12.4. The highest BCUT2D eigenvalue weighted by Gasteiger charge is 2.26. The number of nitrogens with one attached hydrogen (secondary N) is 1. The zero-order chi connectivity index (χ0) is 12.1. The van der Waals surface area contributed by atoms with Crippen LogP contribution in [0.5, 0.6) is 0 Å². The fraction of sp³-hybridized carbons (Fsp3) is 0.917. The van der Waals surface area contributed by atoms with Crippen LogP contribution in [0.1, 0.15) is 39.5 Å². The second-order valence-electron chi connectivity index (χ2n) is 5.24. The van der Waals surface area contributed by atoms with E-state index in [4.69, 9.17) is 5.73 Å². The summed E-state index contributed by atoms with van der Waals surface area (Å²) in [6, 6.07) is -0.418. The van der Waals surface area contributed by atoms with Crippen molar-refractivity contribution in [1.82, 2.24) is 5.32 Å². The predicted octanol–water partition coefficient (Wildman–Crippen LogP) is 0.637. The number of carbonyl (C=O) groups excluding carboxylic acids is 1. The largest absolute Gasteiger partial charge is 0.393 e. The van der Waals surface area contributed by atoms with Crippen LogP contribution in [0.25, 0.3) is 0 Å². The third-order valence-corrected chi connectivity index (χ3v) is 3.22. The topological polar surface area (TPSA) is 75.4 Å². The van der Waals surface area contributed by atoms with Gasteiger partial charge in [0.2, 0.25) is 5.91 Å². The van der Waals surface area contributed by atoms with E-state index in [0.29, 0.717) is 18.9 Å². The Balaban J connectivity index is 2.23. The summed E-state index contributed by atoms with van der Waals surface area (Å²) in [6.07, 6.45) is 3.37. The van der Waals surface area contributed by atoms with Crippen LogP contribution in [0.3, 0.4) is 0 Å². The van der Waals surface area contributed by atoms with Gasteiger partial charge in [0.1, 0.15) is 0 Å². The molecule has 0 aromatic rings. The van der Waals surface area contributed by atoms with E-state index >= 15 is 0 Å². The molecule has 2 unspecified atom stereocenters. The Bertz CT molecular complexity index is 231. The van der Waals surface area contributed by atoms with E-state index in [2.05, 4.69) is 5.32 Å². The van der Waals surface area contributed by atoms with Gasteiger partial charge >= 0.3 is 0 Å². The van der Waals surface area contributed by atoms with E-state index in [1.165, 1.54) is 0 Å². The summed E-state index contributed by atoms with van der Waals surface area (Å²) >= 11 is 0. The Hall–Kier alpha value is -0.610. The Kier molecular flexibility index (Phi) is 5.22. The molecule has 1 aliphatic rings. The van der Waals surface area contributed by atoms with Crippen LogP contribution in [-0.4, -0.2) is 29.7 Å². The van der Waals surface area contributed by atoms with Gasteiger partial charge < -0.3 is 16.2 Å². The number of amides is 1. The van der Waals surface area contributed by atoms with Gasteiger partial charge in [0.15, 0.2) is 0 Å². The van der Waals surface area contributed by atoms with E-state index in [9.17, 15) is 9.90 Å². The highest BCUT2D eigenvalue weighted by molar-refractivity contribution is 5.81. The lowest BCUT2D eigenvalue weighted by Gasteiger charge is -2.18. The number of aliphatic hydroxyl groups is 1. The van der Waals surface area contributed by atoms with Crippen LogP contribution in [0, 0.1) is 11.8 Å². The molecule has 0 aromatic carbocycles. The molecule has 0 heterocycles. The second-order valence-corrected chi connectivity index (χ2v) is 5.24. The van der Waals surface area contributed by atoms with Gasteiger partial charge in [-0.25, -0.2) is 0 Å². The molecule has 1 aliphatic carbocycles. The monoisotopic (exact) mass is 228 g/mol. The molecule has 0 aliphatic heterocycles. The van der Waals surface area contributed by atoms with Gasteiger partial charge in [-0.05, 0) is 25.2 Å². The number of rotatable bonds is 5. The number of carbonyl (C=O) groups is 1. The molecule has 4 nitrogen and oxygen atoms in total. The van der Waals surface area contributed by atoms with Crippen LogP contribution in [0.4, 0.5) is 0 Å². The minimum absolute atomic E-state index is 0.0900. The molecule has 1 fully saturated rings. The molecule has 0 spiro atoms. The summed E-state index contributed by atoms with van der Waals surface area (Å²) in [5.74, 6) is 0.556. The summed E-state index contributed by atoms with van der Waals surface area (Å²) in [7, 11) is 0. The smallest absolute Gasteiger partial charge is 0.236 e. The first-order chi connectivity index (χ1) is 7.50. The van der Waals surface area contributed by atoms with E-state index in [0.717, 1.165) is 19.3 Å². The van der Waals surface area contributed by atoms with Crippen molar-refractivity contribution in [3.05, 3.63) is 0 Å². The number of hydrogen-bond donors (Lipinski definition) is 3. The summed E-state index contributed by atoms with van der Waals surface area (Å²) < 4.78 is 0. The number of nitrogens with two attached hydrogens (primary N) is 1. The van der Waals surface area contributed by atoms with Gasteiger partial charge in [-0.3, -0.25) is 4.79 Å². The van der Waals surface area contributed by atoms with Gasteiger partial charge in [0.25, 0.3) is 0 Å².